The number of aliphatic hydroxyl groups is 1. The maximum absolute atomic E-state index is 12.6. The summed E-state index contributed by atoms with van der Waals surface area (Å²) in [5.41, 5.74) is 2.13. The van der Waals surface area contributed by atoms with Crippen molar-refractivity contribution in [2.45, 2.75) is 32.4 Å². The number of aromatic amines is 1. The van der Waals surface area contributed by atoms with Gasteiger partial charge in [0.05, 0.1) is 22.8 Å². The molecule has 2 atom stereocenters. The van der Waals surface area contributed by atoms with Gasteiger partial charge in [-0.1, -0.05) is 17.3 Å². The number of aromatic nitrogens is 3. The van der Waals surface area contributed by atoms with Crippen LogP contribution >= 0.6 is 0 Å². The lowest BCUT2D eigenvalue weighted by molar-refractivity contribution is -0.130. The van der Waals surface area contributed by atoms with E-state index in [0.717, 1.165) is 22.5 Å². The third-order valence-corrected chi connectivity index (χ3v) is 5.13. The van der Waals surface area contributed by atoms with E-state index in [-0.39, 0.29) is 23.9 Å². The van der Waals surface area contributed by atoms with Crippen LogP contribution in [0.4, 0.5) is 0 Å². The molecular weight excluding hydrogens is 348 g/mol. The lowest BCUT2D eigenvalue weighted by atomic mass is 10.0. The number of hydrogen-bond acceptors (Lipinski definition) is 5. The number of H-pyrrole nitrogens is 1. The van der Waals surface area contributed by atoms with Crippen LogP contribution in [0.1, 0.15) is 17.9 Å². The van der Waals surface area contributed by atoms with Gasteiger partial charge >= 0.3 is 5.69 Å². The Balaban J connectivity index is 1.38. The molecule has 0 aliphatic carbocycles. The summed E-state index contributed by atoms with van der Waals surface area (Å²) in [7, 11) is 0. The number of para-hydroxylation sites is 2. The quantitative estimate of drug-likeness (QED) is 0.699. The smallest absolute Gasteiger partial charge is 0.326 e. The van der Waals surface area contributed by atoms with Crippen LogP contribution in [0.5, 0.6) is 0 Å². The monoisotopic (exact) mass is 370 g/mol. The summed E-state index contributed by atoms with van der Waals surface area (Å²) < 4.78 is 6.79. The van der Waals surface area contributed by atoms with Crippen LogP contribution in [0.25, 0.3) is 11.0 Å². The van der Waals surface area contributed by atoms with Gasteiger partial charge < -0.3 is 19.5 Å². The zero-order valence-electron chi connectivity index (χ0n) is 15.1. The van der Waals surface area contributed by atoms with E-state index in [1.807, 2.05) is 37.3 Å². The molecule has 142 valence electrons. The van der Waals surface area contributed by atoms with Gasteiger partial charge in [0, 0.05) is 44.5 Å². The molecule has 1 aliphatic heterocycles. The highest BCUT2D eigenvalue weighted by molar-refractivity contribution is 5.78. The van der Waals surface area contributed by atoms with Gasteiger partial charge in [0.1, 0.15) is 5.76 Å². The molecule has 0 bridgehead atoms. The minimum Gasteiger partial charge on any atom is -0.391 e. The third-order valence-electron chi connectivity index (χ3n) is 5.13. The lowest BCUT2D eigenvalue weighted by Crippen LogP contribution is -2.31. The second-order valence-electron chi connectivity index (χ2n) is 7.11. The summed E-state index contributed by atoms with van der Waals surface area (Å²) in [5.74, 6) is 0.579. The van der Waals surface area contributed by atoms with Crippen LogP contribution in [0.3, 0.4) is 0 Å². The Hall–Kier alpha value is -2.87. The number of aliphatic hydroxyl groups excluding tert-OH is 1. The highest BCUT2D eigenvalue weighted by Crippen LogP contribution is 2.23. The zero-order chi connectivity index (χ0) is 19.0. The van der Waals surface area contributed by atoms with Crippen molar-refractivity contribution in [3.05, 3.63) is 52.3 Å². The van der Waals surface area contributed by atoms with E-state index in [1.54, 1.807) is 9.47 Å². The summed E-state index contributed by atoms with van der Waals surface area (Å²) in [6, 6.07) is 9.26. The van der Waals surface area contributed by atoms with E-state index >= 15 is 0 Å². The number of amides is 1. The molecule has 27 heavy (non-hydrogen) atoms. The van der Waals surface area contributed by atoms with E-state index in [2.05, 4.69) is 10.1 Å². The van der Waals surface area contributed by atoms with Gasteiger partial charge in [-0.3, -0.25) is 9.36 Å². The SMILES string of the molecule is Cc1cc(C[C@@H]2CN(C(=O)CCn3c(=O)[nH]c4ccccc43)C[C@@H]2O)on1. The fourth-order valence-corrected chi connectivity index (χ4v) is 3.72. The number of imidazole rings is 1. The summed E-state index contributed by atoms with van der Waals surface area (Å²) in [5, 5.41) is 14.2. The van der Waals surface area contributed by atoms with E-state index in [9.17, 15) is 14.7 Å². The van der Waals surface area contributed by atoms with Gasteiger partial charge in [-0.25, -0.2) is 4.79 Å². The zero-order valence-corrected chi connectivity index (χ0v) is 15.1. The van der Waals surface area contributed by atoms with Crippen molar-refractivity contribution in [1.29, 1.82) is 0 Å². The van der Waals surface area contributed by atoms with Crippen molar-refractivity contribution >= 4 is 16.9 Å². The maximum atomic E-state index is 12.6. The molecule has 1 aromatic carbocycles. The Labute approximate surface area is 155 Å². The minimum absolute atomic E-state index is 0.0671. The van der Waals surface area contributed by atoms with Crippen LogP contribution < -0.4 is 5.69 Å². The highest BCUT2D eigenvalue weighted by atomic mass is 16.5. The molecule has 3 aromatic rings. The third kappa shape index (κ3) is 3.52. The average molecular weight is 370 g/mol. The first-order valence-corrected chi connectivity index (χ1v) is 9.07. The summed E-state index contributed by atoms with van der Waals surface area (Å²) in [4.78, 5) is 29.2. The number of aryl methyl sites for hydroxylation is 2. The van der Waals surface area contributed by atoms with Crippen molar-refractivity contribution in [2.75, 3.05) is 13.1 Å². The molecule has 0 radical (unpaired) electrons. The first-order chi connectivity index (χ1) is 13.0. The fraction of sp³-hybridized carbons (Fsp3) is 0.421. The van der Waals surface area contributed by atoms with Crippen molar-refractivity contribution in [3.8, 4) is 0 Å². The Morgan fingerprint density at radius 1 is 1.37 bits per heavy atom. The topological polar surface area (TPSA) is 104 Å². The second-order valence-corrected chi connectivity index (χ2v) is 7.11. The molecule has 1 amide bonds. The molecule has 8 nitrogen and oxygen atoms in total. The minimum atomic E-state index is -0.588. The Kier molecular flexibility index (Phi) is 4.57. The Morgan fingerprint density at radius 2 is 2.19 bits per heavy atom. The lowest BCUT2D eigenvalue weighted by Gasteiger charge is -2.16. The fourth-order valence-electron chi connectivity index (χ4n) is 3.72. The number of nitrogens with zero attached hydrogens (tertiary/aromatic N) is 3. The number of β-amino-alcohol motifs (C(OH)–C–C–N with tert-alkyl or cyclic N) is 1. The molecule has 0 unspecified atom stereocenters. The number of likely N-dealkylation sites (tertiary alicyclic amines) is 1. The number of rotatable bonds is 5. The standard InChI is InChI=1S/C19H22N4O4/c1-12-8-14(27-21-12)9-13-10-22(11-17(13)24)18(25)6-7-23-16-5-3-2-4-15(16)20-19(23)26/h2-5,8,13,17,24H,6-7,9-11H2,1H3,(H,20,26)/t13-,17+/m1/s1. The molecule has 0 spiro atoms. The van der Waals surface area contributed by atoms with E-state index in [4.69, 9.17) is 4.52 Å². The first kappa shape index (κ1) is 17.5. The van der Waals surface area contributed by atoms with Crippen LogP contribution in [-0.2, 0) is 17.8 Å². The molecule has 4 rings (SSSR count). The van der Waals surface area contributed by atoms with Crippen molar-refractivity contribution < 1.29 is 14.4 Å². The number of nitrogens with one attached hydrogen (secondary N) is 1. The summed E-state index contributed by atoms with van der Waals surface area (Å²) in [6.45, 7) is 2.93. The molecule has 1 fully saturated rings. The molecule has 2 aromatic heterocycles. The van der Waals surface area contributed by atoms with E-state index in [0.29, 0.717) is 26.1 Å². The summed E-state index contributed by atoms with van der Waals surface area (Å²) >= 11 is 0. The van der Waals surface area contributed by atoms with Gasteiger partial charge in [-0.2, -0.15) is 0 Å². The largest absolute Gasteiger partial charge is 0.391 e. The van der Waals surface area contributed by atoms with E-state index in [1.165, 1.54) is 0 Å². The number of hydrogen-bond donors (Lipinski definition) is 2. The first-order valence-electron chi connectivity index (χ1n) is 9.07. The van der Waals surface area contributed by atoms with Crippen LogP contribution in [0.15, 0.2) is 39.6 Å². The molecule has 1 saturated heterocycles. The van der Waals surface area contributed by atoms with Crippen molar-refractivity contribution in [1.82, 2.24) is 19.6 Å². The molecule has 0 saturated carbocycles. The van der Waals surface area contributed by atoms with Crippen molar-refractivity contribution in [2.24, 2.45) is 5.92 Å². The van der Waals surface area contributed by atoms with E-state index < -0.39 is 6.10 Å². The molecule has 3 heterocycles. The number of carbonyl (C=O) groups is 1. The van der Waals surface area contributed by atoms with Gasteiger partial charge in [-0.15, -0.1) is 0 Å². The molecule has 1 aliphatic rings. The maximum Gasteiger partial charge on any atom is 0.326 e. The second kappa shape index (κ2) is 7.03. The van der Waals surface area contributed by atoms with Crippen LogP contribution in [-0.4, -0.2) is 49.8 Å². The number of carbonyl (C=O) groups excluding carboxylic acids is 1. The summed E-state index contributed by atoms with van der Waals surface area (Å²) in [6.07, 6.45) is 0.172. The molecule has 2 N–H and O–H groups in total. The van der Waals surface area contributed by atoms with Crippen LogP contribution in [0, 0.1) is 12.8 Å². The highest BCUT2D eigenvalue weighted by Gasteiger charge is 2.34. The Morgan fingerprint density at radius 3 is 2.96 bits per heavy atom. The Bertz CT molecular complexity index is 1020. The van der Waals surface area contributed by atoms with Crippen LogP contribution in [0.2, 0.25) is 0 Å². The average Bonchev–Trinajstić information content (AvgIpc) is 3.31. The van der Waals surface area contributed by atoms with Gasteiger partial charge in [0.25, 0.3) is 0 Å². The van der Waals surface area contributed by atoms with Crippen molar-refractivity contribution in [3.63, 3.8) is 0 Å². The molecule has 8 heteroatoms. The number of fused-ring (bicyclic) bond motifs is 1. The predicted octanol–water partition coefficient (Wildman–Crippen LogP) is 1.08. The normalized spacial score (nSPS) is 19.9. The van der Waals surface area contributed by atoms with Gasteiger partial charge in [0.2, 0.25) is 5.91 Å². The molecular formula is C19H22N4O4. The number of benzene rings is 1. The predicted molar refractivity (Wildman–Crippen MR) is 98.2 cm³/mol. The van der Waals surface area contributed by atoms with Gasteiger partial charge in [-0.05, 0) is 19.1 Å². The van der Waals surface area contributed by atoms with Gasteiger partial charge in [0.15, 0.2) is 0 Å².